The Hall–Kier alpha value is -0.980. The lowest BCUT2D eigenvalue weighted by Crippen LogP contribution is -2.51. The minimum atomic E-state index is -2.48. The summed E-state index contributed by atoms with van der Waals surface area (Å²) >= 11 is 5.04. The number of nitrogens with one attached hydrogen (secondary N) is 1. The predicted octanol–water partition coefficient (Wildman–Crippen LogP) is 3.71. The van der Waals surface area contributed by atoms with Crippen LogP contribution in [0.5, 0.6) is 0 Å². The van der Waals surface area contributed by atoms with Crippen molar-refractivity contribution < 1.29 is 27.5 Å². The first-order valence-corrected chi connectivity index (χ1v) is 7.24. The van der Waals surface area contributed by atoms with E-state index in [1.807, 2.05) is 5.32 Å². The van der Waals surface area contributed by atoms with E-state index in [0.29, 0.717) is 0 Å². The zero-order valence-corrected chi connectivity index (χ0v) is 14.1. The fourth-order valence-corrected chi connectivity index (χ4v) is 1.75. The summed E-state index contributed by atoms with van der Waals surface area (Å²) in [5.41, 5.74) is -4.42. The normalized spacial score (nSPS) is 16.6. The molecule has 3 atom stereocenters. The average molecular weight is 346 g/mol. The summed E-state index contributed by atoms with van der Waals surface area (Å²) in [7, 11) is 0. The van der Waals surface area contributed by atoms with Gasteiger partial charge in [-0.2, -0.15) is 0 Å². The Labute approximate surface area is 133 Å². The molecule has 0 fully saturated rings. The molecule has 0 saturated carbocycles. The van der Waals surface area contributed by atoms with Crippen LogP contribution >= 0.6 is 11.6 Å². The molecule has 0 aliphatic rings. The van der Waals surface area contributed by atoms with Gasteiger partial charge in [-0.05, 0) is 32.6 Å². The molecule has 3 unspecified atom stereocenters. The number of carbonyl (C=O) groups excluding carboxylic acids is 2. The standard InChI is InChI=1S/C14H23ClF3NO3/c1-13(2,3)22-12(21)19-9(10(20)11(15)18)8(17)6-14(4,5)7-16/h8-9,11H,6-7H2,1-5H3,(H,19,21). The van der Waals surface area contributed by atoms with Crippen molar-refractivity contribution in [1.29, 1.82) is 0 Å². The van der Waals surface area contributed by atoms with Gasteiger partial charge in [-0.3, -0.25) is 9.18 Å². The summed E-state index contributed by atoms with van der Waals surface area (Å²) < 4.78 is 44.9. The average Bonchev–Trinajstić information content (AvgIpc) is 2.32. The molecule has 0 aliphatic heterocycles. The maximum absolute atomic E-state index is 14.3. The van der Waals surface area contributed by atoms with Crippen LogP contribution in [0, 0.1) is 5.41 Å². The first kappa shape index (κ1) is 21.0. The zero-order chi connectivity index (χ0) is 17.7. The first-order chi connectivity index (χ1) is 9.79. The van der Waals surface area contributed by atoms with Crippen molar-refractivity contribution in [2.24, 2.45) is 5.41 Å². The second-order valence-electron chi connectivity index (χ2n) is 6.84. The maximum Gasteiger partial charge on any atom is 0.408 e. The van der Waals surface area contributed by atoms with Gasteiger partial charge in [0.05, 0.1) is 6.67 Å². The van der Waals surface area contributed by atoms with Crippen LogP contribution in [0.3, 0.4) is 0 Å². The second-order valence-corrected chi connectivity index (χ2v) is 7.23. The summed E-state index contributed by atoms with van der Waals surface area (Å²) in [6.45, 7) is 6.78. The van der Waals surface area contributed by atoms with E-state index in [1.165, 1.54) is 13.8 Å². The number of ketones is 1. The van der Waals surface area contributed by atoms with Crippen molar-refractivity contribution in [3.05, 3.63) is 0 Å². The summed E-state index contributed by atoms with van der Waals surface area (Å²) in [4.78, 5) is 23.3. The first-order valence-electron chi connectivity index (χ1n) is 6.80. The highest BCUT2D eigenvalue weighted by Gasteiger charge is 2.38. The fourth-order valence-electron chi connectivity index (χ4n) is 1.61. The van der Waals surface area contributed by atoms with Crippen LogP contribution in [0.4, 0.5) is 18.0 Å². The number of carbonyl (C=O) groups is 2. The van der Waals surface area contributed by atoms with Crippen LogP contribution < -0.4 is 5.32 Å². The molecule has 0 aromatic heterocycles. The van der Waals surface area contributed by atoms with E-state index >= 15 is 0 Å². The van der Waals surface area contributed by atoms with Crippen LogP contribution in [0.2, 0.25) is 0 Å². The lowest BCUT2D eigenvalue weighted by Gasteiger charge is -2.28. The van der Waals surface area contributed by atoms with Gasteiger partial charge in [0.15, 0.2) is 0 Å². The Morgan fingerprint density at radius 2 is 1.68 bits per heavy atom. The minimum Gasteiger partial charge on any atom is -0.444 e. The Kier molecular flexibility index (Phi) is 7.68. The molecule has 0 aromatic rings. The number of rotatable bonds is 7. The van der Waals surface area contributed by atoms with Gasteiger partial charge in [-0.15, -0.1) is 0 Å². The van der Waals surface area contributed by atoms with E-state index in [2.05, 4.69) is 0 Å². The largest absolute Gasteiger partial charge is 0.444 e. The summed E-state index contributed by atoms with van der Waals surface area (Å²) in [5.74, 6) is -1.34. The van der Waals surface area contributed by atoms with E-state index in [9.17, 15) is 22.8 Å². The summed E-state index contributed by atoms with van der Waals surface area (Å²) in [5, 5.41) is 1.97. The van der Waals surface area contributed by atoms with E-state index < -0.39 is 47.4 Å². The van der Waals surface area contributed by atoms with E-state index in [0.717, 1.165) is 0 Å². The SMILES string of the molecule is CC(C)(CF)CC(F)C(NC(=O)OC(C)(C)C)C(=O)C(F)Cl. The summed E-state index contributed by atoms with van der Waals surface area (Å²) in [6.07, 6.45) is -3.47. The van der Waals surface area contributed by atoms with Gasteiger partial charge >= 0.3 is 6.09 Å². The predicted molar refractivity (Wildman–Crippen MR) is 78.2 cm³/mol. The molecule has 0 aromatic carbocycles. The summed E-state index contributed by atoms with van der Waals surface area (Å²) in [6, 6.07) is -1.84. The molecule has 0 radical (unpaired) electrons. The lowest BCUT2D eigenvalue weighted by atomic mass is 9.86. The van der Waals surface area contributed by atoms with E-state index in [-0.39, 0.29) is 6.42 Å². The number of halogens is 4. The van der Waals surface area contributed by atoms with Gasteiger partial charge < -0.3 is 10.1 Å². The van der Waals surface area contributed by atoms with Crippen LogP contribution in [0.1, 0.15) is 41.0 Å². The topological polar surface area (TPSA) is 55.4 Å². The van der Waals surface area contributed by atoms with Crippen molar-refractivity contribution in [2.75, 3.05) is 6.67 Å². The Morgan fingerprint density at radius 3 is 2.05 bits per heavy atom. The van der Waals surface area contributed by atoms with Crippen molar-refractivity contribution in [3.63, 3.8) is 0 Å². The molecule has 0 saturated heterocycles. The van der Waals surface area contributed by atoms with Crippen LogP contribution in [-0.2, 0) is 9.53 Å². The highest BCUT2D eigenvalue weighted by atomic mass is 35.5. The van der Waals surface area contributed by atoms with Gasteiger partial charge in [0, 0.05) is 0 Å². The molecule has 0 spiro atoms. The number of Topliss-reactive ketones (excluding diaryl/α,β-unsaturated/α-hetero) is 1. The molecule has 0 heterocycles. The molecule has 0 bridgehead atoms. The van der Waals surface area contributed by atoms with Crippen molar-refractivity contribution in [2.45, 2.75) is 64.5 Å². The molecule has 0 aliphatic carbocycles. The van der Waals surface area contributed by atoms with E-state index in [1.54, 1.807) is 20.8 Å². The van der Waals surface area contributed by atoms with Crippen LogP contribution in [0.15, 0.2) is 0 Å². The zero-order valence-electron chi connectivity index (χ0n) is 13.4. The van der Waals surface area contributed by atoms with Gasteiger partial charge in [0.1, 0.15) is 17.8 Å². The number of hydrogen-bond acceptors (Lipinski definition) is 3. The third kappa shape index (κ3) is 7.87. The molecule has 22 heavy (non-hydrogen) atoms. The third-order valence-electron chi connectivity index (χ3n) is 2.66. The van der Waals surface area contributed by atoms with E-state index in [4.69, 9.17) is 16.3 Å². The quantitative estimate of drug-likeness (QED) is 0.716. The maximum atomic E-state index is 14.3. The third-order valence-corrected chi connectivity index (χ3v) is 2.88. The molecular formula is C14H23ClF3NO3. The number of alkyl carbamates (subject to hydrolysis) is 1. The number of alkyl halides is 4. The Balaban J connectivity index is 5.06. The molecular weight excluding hydrogens is 323 g/mol. The van der Waals surface area contributed by atoms with Gasteiger partial charge in [0.2, 0.25) is 11.4 Å². The molecule has 1 amide bonds. The fraction of sp³-hybridized carbons (Fsp3) is 0.857. The Bertz CT molecular complexity index is 397. The van der Waals surface area contributed by atoms with Gasteiger partial charge in [-0.25, -0.2) is 13.6 Å². The Morgan fingerprint density at radius 1 is 1.18 bits per heavy atom. The lowest BCUT2D eigenvalue weighted by molar-refractivity contribution is -0.125. The molecule has 8 heteroatoms. The smallest absolute Gasteiger partial charge is 0.408 e. The number of ether oxygens (including phenoxy) is 1. The van der Waals surface area contributed by atoms with Crippen molar-refractivity contribution >= 4 is 23.5 Å². The van der Waals surface area contributed by atoms with Crippen LogP contribution in [-0.4, -0.2) is 42.0 Å². The van der Waals surface area contributed by atoms with Crippen molar-refractivity contribution in [1.82, 2.24) is 5.32 Å². The molecule has 1 N–H and O–H groups in total. The van der Waals surface area contributed by atoms with Crippen LogP contribution in [0.25, 0.3) is 0 Å². The number of amides is 1. The number of hydrogen-bond donors (Lipinski definition) is 1. The van der Waals surface area contributed by atoms with Gasteiger partial charge in [0.25, 0.3) is 0 Å². The van der Waals surface area contributed by atoms with Gasteiger partial charge in [-0.1, -0.05) is 25.4 Å². The molecule has 130 valence electrons. The monoisotopic (exact) mass is 345 g/mol. The molecule has 0 rings (SSSR count). The highest BCUT2D eigenvalue weighted by molar-refractivity contribution is 6.30. The van der Waals surface area contributed by atoms with Crippen molar-refractivity contribution in [3.8, 4) is 0 Å². The highest BCUT2D eigenvalue weighted by Crippen LogP contribution is 2.27. The second kappa shape index (κ2) is 8.04. The molecule has 4 nitrogen and oxygen atoms in total. The minimum absolute atomic E-state index is 0.390.